The van der Waals surface area contributed by atoms with Crippen molar-refractivity contribution in [1.29, 1.82) is 0 Å². The standard InChI is InChI=1S/C4H5F2O2.Zn/c1-2-8-4(7)3(5)6;/h2H2,1H3;/q-1;+2. The van der Waals surface area contributed by atoms with E-state index in [0.29, 0.717) is 0 Å². The van der Waals surface area contributed by atoms with E-state index in [9.17, 15) is 13.6 Å². The van der Waals surface area contributed by atoms with Crippen LogP contribution in [0.15, 0.2) is 0 Å². The molecule has 0 aliphatic rings. The van der Waals surface area contributed by atoms with Crippen molar-refractivity contribution in [1.82, 2.24) is 0 Å². The van der Waals surface area contributed by atoms with Gasteiger partial charge in [-0.25, -0.2) is 0 Å². The number of carbonyl (C=O) groups is 1. The van der Waals surface area contributed by atoms with Crippen LogP contribution in [-0.4, -0.2) is 12.6 Å². The second-order valence-corrected chi connectivity index (χ2v) is 0.981. The molecule has 0 heterocycles. The van der Waals surface area contributed by atoms with Crippen LogP contribution in [0.5, 0.6) is 0 Å². The van der Waals surface area contributed by atoms with Gasteiger partial charge in [0.05, 0.1) is 6.61 Å². The van der Waals surface area contributed by atoms with Crippen molar-refractivity contribution in [3.05, 3.63) is 6.43 Å². The van der Waals surface area contributed by atoms with Crippen LogP contribution in [0.1, 0.15) is 6.92 Å². The third kappa shape index (κ3) is 5.70. The summed E-state index contributed by atoms with van der Waals surface area (Å²) in [5.74, 6) is -1.53. The molecule has 0 atom stereocenters. The molecule has 0 saturated heterocycles. The smallest absolute Gasteiger partial charge is 0.484 e. The first-order valence-corrected chi connectivity index (χ1v) is 2.03. The average Bonchev–Trinajstić information content (AvgIpc) is 1.67. The normalized spacial score (nSPS) is 7.44. The third-order valence-electron chi connectivity index (χ3n) is 0.430. The van der Waals surface area contributed by atoms with Gasteiger partial charge in [0.2, 0.25) is 5.97 Å². The van der Waals surface area contributed by atoms with Crippen molar-refractivity contribution < 1.29 is 37.8 Å². The largest absolute Gasteiger partial charge is 2.00 e. The second kappa shape index (κ2) is 5.95. The summed E-state index contributed by atoms with van der Waals surface area (Å²) in [6.07, 6.45) is -2.30. The van der Waals surface area contributed by atoms with Crippen molar-refractivity contribution in [2.24, 2.45) is 0 Å². The number of carbonyl (C=O) groups excluding carboxylic acids is 1. The van der Waals surface area contributed by atoms with Crippen LogP contribution < -0.4 is 0 Å². The summed E-state index contributed by atoms with van der Waals surface area (Å²) in [5.41, 5.74) is 0. The fourth-order valence-corrected chi connectivity index (χ4v) is 0.186. The third-order valence-corrected chi connectivity index (χ3v) is 0.430. The van der Waals surface area contributed by atoms with E-state index in [2.05, 4.69) is 4.74 Å². The van der Waals surface area contributed by atoms with Crippen molar-refractivity contribution in [3.8, 4) is 0 Å². The molecule has 0 N–H and O–H groups in total. The Balaban J connectivity index is 0. The Hall–Kier alpha value is -0.177. The van der Waals surface area contributed by atoms with Crippen LogP contribution in [0.4, 0.5) is 8.78 Å². The summed E-state index contributed by atoms with van der Waals surface area (Å²) in [4.78, 5) is 9.73. The minimum Gasteiger partial charge on any atom is -0.484 e. The van der Waals surface area contributed by atoms with Crippen LogP contribution >= 0.6 is 0 Å². The zero-order valence-electron chi connectivity index (χ0n) is 4.99. The molecule has 0 bridgehead atoms. The molecule has 0 aromatic carbocycles. The Morgan fingerprint density at radius 3 is 2.22 bits per heavy atom. The molecule has 0 rings (SSSR count). The van der Waals surface area contributed by atoms with Crippen molar-refractivity contribution in [2.75, 3.05) is 6.61 Å². The first-order valence-electron chi connectivity index (χ1n) is 2.03. The van der Waals surface area contributed by atoms with Crippen molar-refractivity contribution in [2.45, 2.75) is 6.92 Å². The minimum absolute atomic E-state index is 0. The number of rotatable bonds is 2. The molecule has 5 heteroatoms. The van der Waals surface area contributed by atoms with E-state index in [1.807, 2.05) is 0 Å². The summed E-state index contributed by atoms with van der Waals surface area (Å²) in [6.45, 7) is 1.44. The Morgan fingerprint density at radius 2 is 2.11 bits per heavy atom. The first kappa shape index (κ1) is 11.6. The molecule has 0 amide bonds. The van der Waals surface area contributed by atoms with Gasteiger partial charge in [-0.05, 0) is 6.92 Å². The zero-order valence-corrected chi connectivity index (χ0v) is 7.95. The van der Waals surface area contributed by atoms with Gasteiger partial charge < -0.3 is 13.5 Å². The summed E-state index contributed by atoms with van der Waals surface area (Å²) in [5, 5.41) is 0. The molecule has 0 aromatic heterocycles. The van der Waals surface area contributed by atoms with Gasteiger partial charge in [0.25, 0.3) is 0 Å². The average molecular weight is 188 g/mol. The van der Waals surface area contributed by atoms with Crippen molar-refractivity contribution >= 4 is 5.97 Å². The summed E-state index contributed by atoms with van der Waals surface area (Å²) in [7, 11) is 0. The molecule has 0 aliphatic heterocycles. The SMILES string of the molecule is CCOC(=O)[C-](F)F.[Zn+2]. The van der Waals surface area contributed by atoms with E-state index >= 15 is 0 Å². The van der Waals surface area contributed by atoms with Crippen LogP contribution in [-0.2, 0) is 29.0 Å². The quantitative estimate of drug-likeness (QED) is 0.367. The van der Waals surface area contributed by atoms with Crippen LogP contribution in [0.2, 0.25) is 0 Å². The number of esters is 1. The number of halogens is 2. The molecule has 9 heavy (non-hydrogen) atoms. The van der Waals surface area contributed by atoms with Gasteiger partial charge in [-0.1, -0.05) is 0 Å². The topological polar surface area (TPSA) is 26.3 Å². The molecule has 0 unspecified atom stereocenters. The van der Waals surface area contributed by atoms with Gasteiger partial charge in [0.1, 0.15) is 0 Å². The maximum atomic E-state index is 11.1. The minimum atomic E-state index is -2.30. The molecule has 48 valence electrons. The zero-order chi connectivity index (χ0) is 6.57. The number of ether oxygens (including phenoxy) is 1. The van der Waals surface area contributed by atoms with Gasteiger partial charge in [0.15, 0.2) is 0 Å². The van der Waals surface area contributed by atoms with Gasteiger partial charge in [-0.2, -0.15) is 0 Å². The summed E-state index contributed by atoms with van der Waals surface area (Å²) in [6, 6.07) is 0. The Kier molecular flexibility index (Phi) is 7.67. The van der Waals surface area contributed by atoms with E-state index in [1.165, 1.54) is 6.92 Å². The van der Waals surface area contributed by atoms with Crippen molar-refractivity contribution in [3.63, 3.8) is 0 Å². The number of hydrogen-bond acceptors (Lipinski definition) is 2. The Morgan fingerprint density at radius 1 is 1.67 bits per heavy atom. The molecule has 0 saturated carbocycles. The molecular formula is C4H5F2O2Zn+. The van der Waals surface area contributed by atoms with E-state index in [4.69, 9.17) is 0 Å². The molecule has 0 aliphatic carbocycles. The predicted molar refractivity (Wildman–Crippen MR) is 22.1 cm³/mol. The van der Waals surface area contributed by atoms with Gasteiger partial charge in [-0.3, -0.25) is 4.79 Å². The van der Waals surface area contributed by atoms with Crippen LogP contribution in [0, 0.1) is 6.43 Å². The second-order valence-electron chi connectivity index (χ2n) is 0.981. The molecular weight excluding hydrogens is 183 g/mol. The Bertz CT molecular complexity index is 86.6. The molecule has 0 aromatic rings. The first-order chi connectivity index (χ1) is 3.68. The number of hydrogen-bond donors (Lipinski definition) is 0. The van der Waals surface area contributed by atoms with E-state index < -0.39 is 12.4 Å². The molecule has 0 radical (unpaired) electrons. The van der Waals surface area contributed by atoms with Crippen LogP contribution in [0.3, 0.4) is 0 Å². The summed E-state index contributed by atoms with van der Waals surface area (Å²) >= 11 is 0. The monoisotopic (exact) mass is 187 g/mol. The predicted octanol–water partition coefficient (Wildman–Crippen LogP) is 0.975. The maximum Gasteiger partial charge on any atom is 2.00 e. The summed E-state index contributed by atoms with van der Waals surface area (Å²) < 4.78 is 26.0. The van der Waals surface area contributed by atoms with E-state index in [1.54, 1.807) is 0 Å². The fraction of sp³-hybridized carbons (Fsp3) is 0.500. The molecule has 0 spiro atoms. The fourth-order valence-electron chi connectivity index (χ4n) is 0.186. The molecule has 0 fully saturated rings. The van der Waals surface area contributed by atoms with E-state index in [0.717, 1.165) is 0 Å². The Labute approximate surface area is 64.3 Å². The van der Waals surface area contributed by atoms with E-state index in [-0.39, 0.29) is 26.1 Å². The van der Waals surface area contributed by atoms with Gasteiger partial charge >= 0.3 is 19.5 Å². The van der Waals surface area contributed by atoms with Crippen LogP contribution in [0.25, 0.3) is 0 Å². The molecule has 2 nitrogen and oxygen atoms in total. The van der Waals surface area contributed by atoms with Gasteiger partial charge in [-0.15, -0.1) is 0 Å². The van der Waals surface area contributed by atoms with Gasteiger partial charge in [0, 0.05) is 6.43 Å². The maximum absolute atomic E-state index is 11.1.